The Balaban J connectivity index is 2.87. The number of aliphatic carboxylic acids is 1. The summed E-state index contributed by atoms with van der Waals surface area (Å²) < 4.78 is 10.3. The number of aryl methyl sites for hydroxylation is 1. The van der Waals surface area contributed by atoms with Gasteiger partial charge in [0.05, 0.1) is 6.61 Å². The molecule has 1 N–H and O–H groups in total. The molecule has 0 heterocycles. The lowest BCUT2D eigenvalue weighted by Crippen LogP contribution is -2.45. The van der Waals surface area contributed by atoms with E-state index in [1.807, 2.05) is 19.1 Å². The summed E-state index contributed by atoms with van der Waals surface area (Å²) >= 11 is 0. The number of hydrogen-bond donors (Lipinski definition) is 1. The second kappa shape index (κ2) is 4.99. The minimum atomic E-state index is -1.36. The molecule has 0 amide bonds. The van der Waals surface area contributed by atoms with E-state index >= 15 is 0 Å². The van der Waals surface area contributed by atoms with Gasteiger partial charge >= 0.3 is 5.97 Å². The normalized spacial score (nSPS) is 14.2. The van der Waals surface area contributed by atoms with Crippen LogP contribution in [0.3, 0.4) is 0 Å². The predicted molar refractivity (Wildman–Crippen MR) is 59.7 cm³/mol. The Labute approximate surface area is 94.8 Å². The fourth-order valence-corrected chi connectivity index (χ4v) is 1.35. The molecule has 88 valence electrons. The maximum absolute atomic E-state index is 11.1. The molecule has 0 spiro atoms. The summed E-state index contributed by atoms with van der Waals surface area (Å²) in [6.45, 7) is 3.40. The van der Waals surface area contributed by atoms with E-state index < -0.39 is 11.6 Å². The van der Waals surface area contributed by atoms with Gasteiger partial charge in [-0.1, -0.05) is 12.1 Å². The van der Waals surface area contributed by atoms with E-state index in [0.717, 1.165) is 5.56 Å². The molecule has 0 aliphatic rings. The zero-order valence-electron chi connectivity index (χ0n) is 9.69. The first-order valence-electron chi connectivity index (χ1n) is 4.96. The van der Waals surface area contributed by atoms with Crippen molar-refractivity contribution < 1.29 is 19.4 Å². The molecular formula is C12H16O4. The average molecular weight is 224 g/mol. The Kier molecular flexibility index (Phi) is 3.90. The fraction of sp³-hybridized carbons (Fsp3) is 0.417. The molecule has 4 nitrogen and oxygen atoms in total. The number of carbonyl (C=O) groups is 1. The molecule has 16 heavy (non-hydrogen) atoms. The lowest BCUT2D eigenvalue weighted by atomic mass is 10.1. The predicted octanol–water partition coefficient (Wildman–Crippen LogP) is 1.86. The molecule has 0 aromatic heterocycles. The maximum Gasteiger partial charge on any atom is 0.350 e. The van der Waals surface area contributed by atoms with Crippen molar-refractivity contribution in [1.29, 1.82) is 0 Å². The Morgan fingerprint density at radius 1 is 1.50 bits per heavy atom. The molecule has 0 radical (unpaired) electrons. The van der Waals surface area contributed by atoms with Crippen LogP contribution in [0.5, 0.6) is 5.75 Å². The van der Waals surface area contributed by atoms with E-state index in [0.29, 0.717) is 5.75 Å². The Bertz CT molecular complexity index is 375. The molecule has 0 aliphatic heterocycles. The van der Waals surface area contributed by atoms with Crippen molar-refractivity contribution in [2.45, 2.75) is 19.4 Å². The molecule has 1 aromatic rings. The number of rotatable bonds is 5. The van der Waals surface area contributed by atoms with Crippen LogP contribution >= 0.6 is 0 Å². The monoisotopic (exact) mass is 224 g/mol. The topological polar surface area (TPSA) is 55.8 Å². The summed E-state index contributed by atoms with van der Waals surface area (Å²) in [4.78, 5) is 11.1. The molecule has 1 unspecified atom stereocenters. The first-order valence-corrected chi connectivity index (χ1v) is 4.96. The van der Waals surface area contributed by atoms with Crippen molar-refractivity contribution in [2.75, 3.05) is 13.7 Å². The SMILES string of the molecule is COCC(C)(Oc1cccc(C)c1)C(=O)O. The van der Waals surface area contributed by atoms with E-state index in [2.05, 4.69) is 0 Å². The van der Waals surface area contributed by atoms with E-state index in [1.54, 1.807) is 12.1 Å². The Morgan fingerprint density at radius 2 is 2.19 bits per heavy atom. The smallest absolute Gasteiger partial charge is 0.350 e. The molecule has 0 saturated carbocycles. The van der Waals surface area contributed by atoms with Gasteiger partial charge in [-0.3, -0.25) is 0 Å². The summed E-state index contributed by atoms with van der Waals surface area (Å²) in [5, 5.41) is 9.09. The molecule has 0 bridgehead atoms. The minimum Gasteiger partial charge on any atom is -0.478 e. The fourth-order valence-electron chi connectivity index (χ4n) is 1.35. The van der Waals surface area contributed by atoms with Crippen molar-refractivity contribution in [3.8, 4) is 5.75 Å². The third kappa shape index (κ3) is 2.97. The molecule has 0 fully saturated rings. The van der Waals surface area contributed by atoms with Crippen molar-refractivity contribution in [3.63, 3.8) is 0 Å². The third-order valence-corrected chi connectivity index (χ3v) is 2.20. The van der Waals surface area contributed by atoms with Crippen LogP contribution in [0.15, 0.2) is 24.3 Å². The number of methoxy groups -OCH3 is 1. The van der Waals surface area contributed by atoms with Gasteiger partial charge in [-0.15, -0.1) is 0 Å². The maximum atomic E-state index is 11.1. The molecule has 0 saturated heterocycles. The number of hydrogen-bond acceptors (Lipinski definition) is 3. The van der Waals surface area contributed by atoms with Gasteiger partial charge < -0.3 is 14.6 Å². The summed E-state index contributed by atoms with van der Waals surface area (Å²) in [7, 11) is 1.45. The van der Waals surface area contributed by atoms with Gasteiger partial charge in [0.1, 0.15) is 5.75 Å². The summed E-state index contributed by atoms with van der Waals surface area (Å²) in [5.74, 6) is -0.516. The Morgan fingerprint density at radius 3 is 2.69 bits per heavy atom. The Hall–Kier alpha value is -1.55. The third-order valence-electron chi connectivity index (χ3n) is 2.20. The van der Waals surface area contributed by atoms with Crippen LogP contribution in [0, 0.1) is 6.92 Å². The van der Waals surface area contributed by atoms with Crippen molar-refractivity contribution in [3.05, 3.63) is 29.8 Å². The second-order valence-electron chi connectivity index (χ2n) is 3.89. The first kappa shape index (κ1) is 12.5. The zero-order chi connectivity index (χ0) is 12.2. The van der Waals surface area contributed by atoms with Crippen LogP contribution < -0.4 is 4.74 Å². The van der Waals surface area contributed by atoms with Gasteiger partial charge in [-0.2, -0.15) is 0 Å². The highest BCUT2D eigenvalue weighted by Gasteiger charge is 2.35. The van der Waals surface area contributed by atoms with Crippen LogP contribution in [0.4, 0.5) is 0 Å². The van der Waals surface area contributed by atoms with E-state index in [9.17, 15) is 4.79 Å². The number of carboxylic acid groups (broad SMARTS) is 1. The average Bonchev–Trinajstić information content (AvgIpc) is 2.17. The van der Waals surface area contributed by atoms with Crippen LogP contribution in [0.1, 0.15) is 12.5 Å². The van der Waals surface area contributed by atoms with Gasteiger partial charge in [0, 0.05) is 7.11 Å². The molecular weight excluding hydrogens is 208 g/mol. The van der Waals surface area contributed by atoms with Crippen LogP contribution in [0.25, 0.3) is 0 Å². The standard InChI is InChI=1S/C12H16O4/c1-9-5-4-6-10(7-9)16-12(2,8-15-3)11(13)14/h4-7H,8H2,1-3H3,(H,13,14). The molecule has 1 aromatic carbocycles. The van der Waals surface area contributed by atoms with Crippen LogP contribution in [0.2, 0.25) is 0 Å². The van der Waals surface area contributed by atoms with Crippen molar-refractivity contribution in [1.82, 2.24) is 0 Å². The number of benzene rings is 1. The summed E-state index contributed by atoms with van der Waals surface area (Å²) in [5.41, 5.74) is -0.342. The lowest BCUT2D eigenvalue weighted by molar-refractivity contribution is -0.158. The number of ether oxygens (including phenoxy) is 2. The molecule has 1 rings (SSSR count). The quantitative estimate of drug-likeness (QED) is 0.829. The zero-order valence-corrected chi connectivity index (χ0v) is 9.69. The van der Waals surface area contributed by atoms with Gasteiger partial charge in [-0.25, -0.2) is 4.79 Å². The second-order valence-corrected chi connectivity index (χ2v) is 3.89. The molecule has 1 atom stereocenters. The van der Waals surface area contributed by atoms with Gasteiger partial charge in [-0.05, 0) is 31.5 Å². The highest BCUT2D eigenvalue weighted by Crippen LogP contribution is 2.20. The van der Waals surface area contributed by atoms with Crippen molar-refractivity contribution >= 4 is 5.97 Å². The highest BCUT2D eigenvalue weighted by molar-refractivity contribution is 5.77. The van der Waals surface area contributed by atoms with Crippen LogP contribution in [-0.4, -0.2) is 30.4 Å². The summed E-state index contributed by atoms with van der Waals surface area (Å²) in [6.07, 6.45) is 0. The lowest BCUT2D eigenvalue weighted by Gasteiger charge is -2.25. The van der Waals surface area contributed by atoms with Crippen LogP contribution in [-0.2, 0) is 9.53 Å². The van der Waals surface area contributed by atoms with E-state index in [4.69, 9.17) is 14.6 Å². The van der Waals surface area contributed by atoms with Crippen molar-refractivity contribution in [2.24, 2.45) is 0 Å². The molecule has 0 aliphatic carbocycles. The van der Waals surface area contributed by atoms with E-state index in [-0.39, 0.29) is 6.61 Å². The largest absolute Gasteiger partial charge is 0.478 e. The van der Waals surface area contributed by atoms with E-state index in [1.165, 1.54) is 14.0 Å². The van der Waals surface area contributed by atoms with Gasteiger partial charge in [0.2, 0.25) is 5.60 Å². The van der Waals surface area contributed by atoms with Gasteiger partial charge in [0.25, 0.3) is 0 Å². The first-order chi connectivity index (χ1) is 7.48. The number of carboxylic acids is 1. The van der Waals surface area contributed by atoms with Gasteiger partial charge in [0.15, 0.2) is 0 Å². The highest BCUT2D eigenvalue weighted by atomic mass is 16.6. The minimum absolute atomic E-state index is 0.00370. The summed E-state index contributed by atoms with van der Waals surface area (Å²) in [6, 6.07) is 7.25. The molecule has 4 heteroatoms.